The van der Waals surface area contributed by atoms with Gasteiger partial charge in [-0.05, 0) is 61.7 Å². The van der Waals surface area contributed by atoms with E-state index < -0.39 is 0 Å². The normalized spacial score (nSPS) is 17.6. The number of carbonyl (C=O) groups is 1. The largest absolute Gasteiger partial charge is 0.497 e. The second-order valence-corrected chi connectivity index (χ2v) is 7.25. The van der Waals surface area contributed by atoms with Gasteiger partial charge in [-0.2, -0.15) is 0 Å². The first-order chi connectivity index (χ1) is 13.3. The van der Waals surface area contributed by atoms with E-state index in [-0.39, 0.29) is 12.1 Å². The second-order valence-electron chi connectivity index (χ2n) is 7.25. The van der Waals surface area contributed by atoms with Gasteiger partial charge in [0.15, 0.2) is 0 Å². The number of fused-ring (bicyclic) bond motifs is 1. The summed E-state index contributed by atoms with van der Waals surface area (Å²) in [5, 5.41) is 3.18. The Balaban J connectivity index is 1.46. The van der Waals surface area contributed by atoms with E-state index in [1.807, 2.05) is 35.2 Å². The molecule has 5 heteroatoms. The lowest BCUT2D eigenvalue weighted by Crippen LogP contribution is -2.43. The summed E-state index contributed by atoms with van der Waals surface area (Å²) in [6.45, 7) is 3.53. The van der Waals surface area contributed by atoms with Crippen molar-refractivity contribution < 1.29 is 9.53 Å². The van der Waals surface area contributed by atoms with Crippen LogP contribution in [0, 0.1) is 0 Å². The predicted molar refractivity (Wildman–Crippen MR) is 107 cm³/mol. The van der Waals surface area contributed by atoms with Crippen LogP contribution in [-0.2, 0) is 6.42 Å². The summed E-state index contributed by atoms with van der Waals surface area (Å²) in [7, 11) is 1.68. The standard InChI is InChI=1S/C22H27N3O2/c1-27-19-10-8-18(9-11-19)21(24-13-4-5-14-24)16-23-22(26)25-15-12-17-6-2-3-7-20(17)25/h2-3,6-11,21H,4-5,12-16H2,1H3,(H,23,26)/t21-/m0/s1. The summed E-state index contributed by atoms with van der Waals surface area (Å²) in [6.07, 6.45) is 3.37. The van der Waals surface area contributed by atoms with Crippen LogP contribution in [0.4, 0.5) is 10.5 Å². The number of ether oxygens (including phenoxy) is 1. The molecular formula is C22H27N3O2. The third kappa shape index (κ3) is 3.78. The average molecular weight is 365 g/mol. The lowest BCUT2D eigenvalue weighted by molar-refractivity contribution is 0.224. The van der Waals surface area contributed by atoms with Crippen molar-refractivity contribution in [1.82, 2.24) is 10.2 Å². The first-order valence-electron chi connectivity index (χ1n) is 9.77. The summed E-state index contributed by atoms with van der Waals surface area (Å²) < 4.78 is 5.28. The number of urea groups is 1. The first kappa shape index (κ1) is 17.9. The van der Waals surface area contributed by atoms with E-state index in [1.165, 1.54) is 24.0 Å². The molecule has 2 amide bonds. The topological polar surface area (TPSA) is 44.8 Å². The smallest absolute Gasteiger partial charge is 0.321 e. The van der Waals surface area contributed by atoms with Crippen molar-refractivity contribution in [3.8, 4) is 5.75 Å². The van der Waals surface area contributed by atoms with Crippen molar-refractivity contribution in [2.75, 3.05) is 38.2 Å². The molecule has 5 nitrogen and oxygen atoms in total. The van der Waals surface area contributed by atoms with Crippen molar-refractivity contribution in [2.45, 2.75) is 25.3 Å². The molecule has 2 heterocycles. The van der Waals surface area contributed by atoms with E-state index in [0.29, 0.717) is 6.54 Å². The van der Waals surface area contributed by atoms with Crippen LogP contribution in [0.3, 0.4) is 0 Å². The van der Waals surface area contributed by atoms with Gasteiger partial charge in [0.1, 0.15) is 5.75 Å². The third-order valence-electron chi connectivity index (χ3n) is 5.66. The number of carbonyl (C=O) groups excluding carboxylic acids is 1. The zero-order chi connectivity index (χ0) is 18.6. The van der Waals surface area contributed by atoms with E-state index >= 15 is 0 Å². The number of amides is 2. The Labute approximate surface area is 160 Å². The van der Waals surface area contributed by atoms with Crippen LogP contribution >= 0.6 is 0 Å². The fraction of sp³-hybridized carbons (Fsp3) is 0.409. The molecule has 0 aliphatic carbocycles. The van der Waals surface area contributed by atoms with Crippen LogP contribution in [0.25, 0.3) is 0 Å². The minimum atomic E-state index is -0.00217. The SMILES string of the molecule is COc1ccc([C@H](CNC(=O)N2CCc3ccccc32)N2CCCC2)cc1. The van der Waals surface area contributed by atoms with Crippen molar-refractivity contribution in [3.63, 3.8) is 0 Å². The van der Waals surface area contributed by atoms with Crippen LogP contribution in [0.15, 0.2) is 48.5 Å². The molecule has 4 rings (SSSR count). The summed E-state index contributed by atoms with van der Waals surface area (Å²) in [5.74, 6) is 0.858. The van der Waals surface area contributed by atoms with Gasteiger partial charge >= 0.3 is 6.03 Å². The third-order valence-corrected chi connectivity index (χ3v) is 5.66. The van der Waals surface area contributed by atoms with Crippen LogP contribution < -0.4 is 15.0 Å². The second kappa shape index (κ2) is 8.01. The molecule has 2 aliphatic heterocycles. The van der Waals surface area contributed by atoms with Gasteiger partial charge in [0.25, 0.3) is 0 Å². The Bertz CT molecular complexity index is 784. The van der Waals surface area contributed by atoms with Crippen molar-refractivity contribution in [2.24, 2.45) is 0 Å². The lowest BCUT2D eigenvalue weighted by atomic mass is 10.1. The zero-order valence-electron chi connectivity index (χ0n) is 15.9. The van der Waals surface area contributed by atoms with Crippen molar-refractivity contribution in [3.05, 3.63) is 59.7 Å². The zero-order valence-corrected chi connectivity index (χ0v) is 15.9. The van der Waals surface area contributed by atoms with Gasteiger partial charge in [0.2, 0.25) is 0 Å². The van der Waals surface area contributed by atoms with E-state index in [1.54, 1.807) is 7.11 Å². The highest BCUT2D eigenvalue weighted by Crippen LogP contribution is 2.29. The van der Waals surface area contributed by atoms with Gasteiger partial charge in [-0.25, -0.2) is 4.79 Å². The highest BCUT2D eigenvalue weighted by Gasteiger charge is 2.27. The fourth-order valence-electron chi connectivity index (χ4n) is 4.17. The Morgan fingerprint density at radius 3 is 2.56 bits per heavy atom. The van der Waals surface area contributed by atoms with Crippen molar-refractivity contribution in [1.29, 1.82) is 0 Å². The Hall–Kier alpha value is -2.53. The number of rotatable bonds is 5. The van der Waals surface area contributed by atoms with Gasteiger partial charge in [-0.1, -0.05) is 30.3 Å². The van der Waals surface area contributed by atoms with E-state index in [2.05, 4.69) is 28.4 Å². The highest BCUT2D eigenvalue weighted by atomic mass is 16.5. The average Bonchev–Trinajstić information content (AvgIpc) is 3.38. The van der Waals surface area contributed by atoms with Crippen LogP contribution in [0.5, 0.6) is 5.75 Å². The molecule has 2 aromatic rings. The number of para-hydroxylation sites is 1. The number of benzene rings is 2. The Morgan fingerprint density at radius 1 is 1.07 bits per heavy atom. The maximum atomic E-state index is 12.8. The molecule has 0 bridgehead atoms. The molecule has 27 heavy (non-hydrogen) atoms. The number of hydrogen-bond acceptors (Lipinski definition) is 3. The fourth-order valence-corrected chi connectivity index (χ4v) is 4.17. The van der Waals surface area contributed by atoms with Gasteiger partial charge in [0, 0.05) is 18.8 Å². The predicted octanol–water partition coefficient (Wildman–Crippen LogP) is 3.60. The molecule has 1 fully saturated rings. The van der Waals surface area contributed by atoms with Gasteiger partial charge in [-0.3, -0.25) is 9.80 Å². The van der Waals surface area contributed by atoms with Gasteiger partial charge < -0.3 is 10.1 Å². The highest BCUT2D eigenvalue weighted by molar-refractivity contribution is 5.94. The number of likely N-dealkylation sites (tertiary alicyclic amines) is 1. The van der Waals surface area contributed by atoms with Crippen molar-refractivity contribution >= 4 is 11.7 Å². The Kier molecular flexibility index (Phi) is 5.30. The number of nitrogens with one attached hydrogen (secondary N) is 1. The molecular weight excluding hydrogens is 338 g/mol. The number of nitrogens with zero attached hydrogens (tertiary/aromatic N) is 2. The molecule has 2 aliphatic rings. The van der Waals surface area contributed by atoms with Crippen LogP contribution in [-0.4, -0.2) is 44.2 Å². The molecule has 142 valence electrons. The minimum Gasteiger partial charge on any atom is -0.497 e. The number of anilines is 1. The maximum absolute atomic E-state index is 12.8. The quantitative estimate of drug-likeness (QED) is 0.880. The molecule has 0 spiro atoms. The van der Waals surface area contributed by atoms with E-state index in [4.69, 9.17) is 4.74 Å². The summed E-state index contributed by atoms with van der Waals surface area (Å²) in [6, 6.07) is 16.6. The van der Waals surface area contributed by atoms with E-state index in [9.17, 15) is 4.79 Å². The maximum Gasteiger partial charge on any atom is 0.321 e. The van der Waals surface area contributed by atoms with Gasteiger partial charge in [0.05, 0.1) is 13.2 Å². The Morgan fingerprint density at radius 2 is 1.81 bits per heavy atom. The van der Waals surface area contributed by atoms with Crippen LogP contribution in [0.2, 0.25) is 0 Å². The molecule has 0 radical (unpaired) electrons. The summed E-state index contributed by atoms with van der Waals surface area (Å²) in [4.78, 5) is 17.2. The van der Waals surface area contributed by atoms with E-state index in [0.717, 1.165) is 37.5 Å². The monoisotopic (exact) mass is 365 g/mol. The molecule has 0 unspecified atom stereocenters. The molecule has 2 aromatic carbocycles. The molecule has 0 saturated carbocycles. The van der Waals surface area contributed by atoms with Crippen LogP contribution in [0.1, 0.15) is 30.0 Å². The number of hydrogen-bond donors (Lipinski definition) is 1. The molecule has 1 atom stereocenters. The summed E-state index contributed by atoms with van der Waals surface area (Å²) in [5.41, 5.74) is 3.51. The minimum absolute atomic E-state index is 0.00217. The molecule has 1 saturated heterocycles. The first-order valence-corrected chi connectivity index (χ1v) is 9.77. The summed E-state index contributed by atoms with van der Waals surface area (Å²) >= 11 is 0. The van der Waals surface area contributed by atoms with Gasteiger partial charge in [-0.15, -0.1) is 0 Å². The number of methoxy groups -OCH3 is 1. The molecule has 0 aromatic heterocycles. The molecule has 1 N–H and O–H groups in total. The lowest BCUT2D eigenvalue weighted by Gasteiger charge is -2.29.